The van der Waals surface area contributed by atoms with Gasteiger partial charge in [-0.2, -0.15) is 0 Å². The van der Waals surface area contributed by atoms with Crippen LogP contribution in [0, 0.1) is 21.8 Å². The first-order valence-corrected chi connectivity index (χ1v) is 7.84. The van der Waals surface area contributed by atoms with E-state index >= 15 is 0 Å². The Kier molecular flexibility index (Phi) is 5.24. The molecule has 0 aliphatic heterocycles. The van der Waals surface area contributed by atoms with E-state index in [1.54, 1.807) is 6.92 Å². The van der Waals surface area contributed by atoms with Crippen molar-refractivity contribution in [3.05, 3.63) is 28.1 Å². The molecule has 0 aliphatic carbocycles. The molecule has 0 radical (unpaired) electrons. The maximum absolute atomic E-state index is 13.9. The Morgan fingerprint density at radius 2 is 2.00 bits per heavy atom. The van der Waals surface area contributed by atoms with Gasteiger partial charge in [0.1, 0.15) is 4.90 Å². The number of hydrogen-bond donors (Lipinski definition) is 2. The summed E-state index contributed by atoms with van der Waals surface area (Å²) < 4.78 is 40.6. The second kappa shape index (κ2) is 6.35. The van der Waals surface area contributed by atoms with Gasteiger partial charge in [-0.05, 0) is 12.8 Å². The summed E-state index contributed by atoms with van der Waals surface area (Å²) in [5.41, 5.74) is 4.37. The molecule has 0 saturated heterocycles. The zero-order valence-electron chi connectivity index (χ0n) is 12.0. The summed E-state index contributed by atoms with van der Waals surface area (Å²) >= 11 is 0. The minimum atomic E-state index is -4.19. The van der Waals surface area contributed by atoms with E-state index in [0.29, 0.717) is 6.07 Å². The fourth-order valence-corrected chi connectivity index (χ4v) is 3.29. The minimum Gasteiger partial charge on any atom is -0.397 e. The molecule has 1 rings (SSSR count). The smallest absolute Gasteiger partial charge is 0.274 e. The summed E-state index contributed by atoms with van der Waals surface area (Å²) in [6.45, 7) is 5.41. The highest BCUT2D eigenvalue weighted by Gasteiger charge is 2.28. The number of nitrogens with one attached hydrogen (secondary N) is 1. The predicted molar refractivity (Wildman–Crippen MR) is 76.7 cm³/mol. The van der Waals surface area contributed by atoms with E-state index in [1.165, 1.54) is 0 Å². The van der Waals surface area contributed by atoms with Gasteiger partial charge in [0, 0.05) is 12.1 Å². The number of anilines is 1. The van der Waals surface area contributed by atoms with Crippen LogP contribution in [0.5, 0.6) is 0 Å². The van der Waals surface area contributed by atoms with Crippen LogP contribution < -0.4 is 10.5 Å². The van der Waals surface area contributed by atoms with Crippen LogP contribution in [-0.2, 0) is 10.0 Å². The fourth-order valence-electron chi connectivity index (χ4n) is 1.76. The third-order valence-corrected chi connectivity index (χ3v) is 5.03. The van der Waals surface area contributed by atoms with Crippen LogP contribution >= 0.6 is 0 Å². The Balaban J connectivity index is 3.24. The summed E-state index contributed by atoms with van der Waals surface area (Å²) in [5, 5.41) is 10.6. The van der Waals surface area contributed by atoms with Gasteiger partial charge < -0.3 is 5.73 Å². The van der Waals surface area contributed by atoms with Gasteiger partial charge in [-0.25, -0.2) is 17.5 Å². The highest BCUT2D eigenvalue weighted by Crippen LogP contribution is 2.28. The topological polar surface area (TPSA) is 115 Å². The molecule has 0 amide bonds. The summed E-state index contributed by atoms with van der Waals surface area (Å²) in [6, 6.07) is 0.943. The SMILES string of the molecule is CCC(C)C(C)NS(=O)(=O)c1c(N)cc([N+](=O)[O-])cc1F. The van der Waals surface area contributed by atoms with Crippen molar-refractivity contribution in [2.45, 2.75) is 38.1 Å². The molecule has 0 aliphatic rings. The molecule has 1 aromatic carbocycles. The van der Waals surface area contributed by atoms with Crippen LogP contribution in [0.4, 0.5) is 15.8 Å². The molecule has 118 valence electrons. The third kappa shape index (κ3) is 3.88. The van der Waals surface area contributed by atoms with Crippen molar-refractivity contribution in [2.75, 3.05) is 5.73 Å². The Morgan fingerprint density at radius 3 is 2.43 bits per heavy atom. The van der Waals surface area contributed by atoms with Crippen molar-refractivity contribution in [3.63, 3.8) is 0 Å². The summed E-state index contributed by atoms with van der Waals surface area (Å²) in [7, 11) is -4.19. The third-order valence-electron chi connectivity index (χ3n) is 3.38. The maximum atomic E-state index is 13.9. The van der Waals surface area contributed by atoms with Crippen LogP contribution in [0.25, 0.3) is 0 Å². The van der Waals surface area contributed by atoms with Gasteiger partial charge in [-0.3, -0.25) is 10.1 Å². The molecular weight excluding hydrogens is 301 g/mol. The Bertz CT molecular complexity index is 625. The summed E-state index contributed by atoms with van der Waals surface area (Å²) in [5.74, 6) is -1.20. The number of halogens is 1. The van der Waals surface area contributed by atoms with Gasteiger partial charge in [0.2, 0.25) is 10.0 Å². The largest absolute Gasteiger partial charge is 0.397 e. The van der Waals surface area contributed by atoms with Crippen molar-refractivity contribution in [2.24, 2.45) is 5.92 Å². The summed E-state index contributed by atoms with van der Waals surface area (Å²) in [6.07, 6.45) is 0.738. The summed E-state index contributed by atoms with van der Waals surface area (Å²) in [4.78, 5) is 8.99. The molecular formula is C12H18FN3O4S. The fraction of sp³-hybridized carbons (Fsp3) is 0.500. The zero-order chi connectivity index (χ0) is 16.4. The maximum Gasteiger partial charge on any atom is 0.274 e. The number of hydrogen-bond acceptors (Lipinski definition) is 5. The van der Waals surface area contributed by atoms with E-state index in [0.717, 1.165) is 12.5 Å². The molecule has 2 atom stereocenters. The van der Waals surface area contributed by atoms with E-state index in [1.807, 2.05) is 13.8 Å². The molecule has 1 aromatic rings. The zero-order valence-corrected chi connectivity index (χ0v) is 12.8. The number of non-ortho nitro benzene ring substituents is 1. The van der Waals surface area contributed by atoms with Crippen LogP contribution in [0.2, 0.25) is 0 Å². The van der Waals surface area contributed by atoms with Crippen molar-refractivity contribution in [3.8, 4) is 0 Å². The van der Waals surface area contributed by atoms with Gasteiger partial charge in [-0.1, -0.05) is 20.3 Å². The highest BCUT2D eigenvalue weighted by molar-refractivity contribution is 7.89. The van der Waals surface area contributed by atoms with Gasteiger partial charge in [0.25, 0.3) is 5.69 Å². The van der Waals surface area contributed by atoms with E-state index in [9.17, 15) is 22.9 Å². The minimum absolute atomic E-state index is 0.0436. The number of rotatable bonds is 6. The van der Waals surface area contributed by atoms with Crippen LogP contribution in [0.3, 0.4) is 0 Å². The molecule has 3 N–H and O–H groups in total. The number of nitrogen functional groups attached to an aromatic ring is 1. The molecule has 0 bridgehead atoms. The van der Waals surface area contributed by atoms with Gasteiger partial charge in [0.15, 0.2) is 5.82 Å². The van der Waals surface area contributed by atoms with Crippen LogP contribution in [-0.4, -0.2) is 19.4 Å². The second-order valence-corrected chi connectivity index (χ2v) is 6.55. The molecule has 0 heterocycles. The second-order valence-electron chi connectivity index (χ2n) is 4.90. The molecule has 9 heteroatoms. The predicted octanol–water partition coefficient (Wildman–Crippen LogP) is 2.03. The lowest BCUT2D eigenvalue weighted by Gasteiger charge is -2.20. The lowest BCUT2D eigenvalue weighted by atomic mass is 10.0. The van der Waals surface area contributed by atoms with Crippen LogP contribution in [0.1, 0.15) is 27.2 Å². The molecule has 0 fully saturated rings. The average molecular weight is 319 g/mol. The number of benzene rings is 1. The number of nitrogens with zero attached hydrogens (tertiary/aromatic N) is 1. The number of nitro benzene ring substituents is 1. The quantitative estimate of drug-likeness (QED) is 0.473. The normalized spacial score (nSPS) is 14.7. The molecule has 0 spiro atoms. The molecule has 7 nitrogen and oxygen atoms in total. The van der Waals surface area contributed by atoms with Gasteiger partial charge in [0.05, 0.1) is 16.7 Å². The van der Waals surface area contributed by atoms with E-state index in [-0.39, 0.29) is 5.92 Å². The monoisotopic (exact) mass is 319 g/mol. The lowest BCUT2D eigenvalue weighted by Crippen LogP contribution is -2.37. The van der Waals surface area contributed by atoms with Crippen molar-refractivity contribution < 1.29 is 17.7 Å². The number of nitrogens with two attached hydrogens (primary N) is 1. The molecule has 2 unspecified atom stereocenters. The van der Waals surface area contributed by atoms with E-state index < -0.39 is 43.1 Å². The molecule has 0 aromatic heterocycles. The molecule has 0 saturated carbocycles. The van der Waals surface area contributed by atoms with Gasteiger partial charge in [-0.15, -0.1) is 0 Å². The van der Waals surface area contributed by atoms with Crippen molar-refractivity contribution in [1.29, 1.82) is 0 Å². The van der Waals surface area contributed by atoms with Crippen molar-refractivity contribution in [1.82, 2.24) is 4.72 Å². The number of sulfonamides is 1. The van der Waals surface area contributed by atoms with Crippen molar-refractivity contribution >= 4 is 21.4 Å². The Hall–Kier alpha value is -1.74. The standard InChI is InChI=1S/C12H18FN3O4S/c1-4-7(2)8(3)15-21(19,20)12-10(13)5-9(16(17)18)6-11(12)14/h5-8,15H,4,14H2,1-3H3. The first kappa shape index (κ1) is 17.3. The molecule has 21 heavy (non-hydrogen) atoms. The van der Waals surface area contributed by atoms with Gasteiger partial charge >= 0.3 is 0 Å². The van der Waals surface area contributed by atoms with E-state index in [2.05, 4.69) is 4.72 Å². The highest BCUT2D eigenvalue weighted by atomic mass is 32.2. The average Bonchev–Trinajstić information content (AvgIpc) is 2.35. The lowest BCUT2D eigenvalue weighted by molar-refractivity contribution is -0.385. The van der Waals surface area contributed by atoms with Crippen LogP contribution in [0.15, 0.2) is 17.0 Å². The van der Waals surface area contributed by atoms with E-state index in [4.69, 9.17) is 5.73 Å². The first-order chi connectivity index (χ1) is 9.60. The first-order valence-electron chi connectivity index (χ1n) is 6.35. The number of nitro groups is 1. The Labute approximate surface area is 122 Å². The Morgan fingerprint density at radius 1 is 1.43 bits per heavy atom.